The summed E-state index contributed by atoms with van der Waals surface area (Å²) < 4.78 is 0. The number of hydrogen-bond donors (Lipinski definition) is 3. The number of nitrogens with one attached hydrogen (secondary N) is 1. The maximum absolute atomic E-state index is 9.94. The molecule has 0 saturated heterocycles. The van der Waals surface area contributed by atoms with Gasteiger partial charge < -0.3 is 30.2 Å². The summed E-state index contributed by atoms with van der Waals surface area (Å²) in [5.41, 5.74) is 0. The summed E-state index contributed by atoms with van der Waals surface area (Å²) >= 11 is 0. The molecule has 0 spiro atoms. The number of aliphatic hydroxyl groups excluding tert-OH is 2. The first-order chi connectivity index (χ1) is 9.85. The van der Waals surface area contributed by atoms with E-state index >= 15 is 0 Å². The van der Waals surface area contributed by atoms with Crippen molar-refractivity contribution >= 4 is 0 Å². The van der Waals surface area contributed by atoms with Crippen LogP contribution < -0.4 is 5.32 Å². The van der Waals surface area contributed by atoms with Gasteiger partial charge in [-0.1, -0.05) is 6.92 Å². The lowest BCUT2D eigenvalue weighted by atomic mass is 10.2. The van der Waals surface area contributed by atoms with Gasteiger partial charge in [0, 0.05) is 26.2 Å². The fraction of sp³-hybridized carbons (Fsp3) is 1.00. The molecule has 0 radical (unpaired) electrons. The first kappa shape index (κ1) is 20.8. The molecule has 0 aliphatic carbocycles. The Morgan fingerprint density at radius 2 is 1.48 bits per heavy atom. The van der Waals surface area contributed by atoms with Crippen LogP contribution in [0, 0.1) is 0 Å². The number of aliphatic hydroxyl groups is 2. The van der Waals surface area contributed by atoms with E-state index in [1.165, 1.54) is 0 Å². The molecule has 0 aliphatic rings. The first-order valence-corrected chi connectivity index (χ1v) is 7.93. The van der Waals surface area contributed by atoms with E-state index in [0.29, 0.717) is 19.6 Å². The Hall–Kier alpha value is -0.240. The molecule has 6 heteroatoms. The molecule has 0 saturated carbocycles. The highest BCUT2D eigenvalue weighted by atomic mass is 16.3. The van der Waals surface area contributed by atoms with Gasteiger partial charge in [0.25, 0.3) is 0 Å². The molecule has 0 rings (SSSR count). The molecule has 3 N–H and O–H groups in total. The lowest BCUT2D eigenvalue weighted by Gasteiger charge is -2.25. The summed E-state index contributed by atoms with van der Waals surface area (Å²) in [4.78, 5) is 6.26. The van der Waals surface area contributed by atoms with Crippen molar-refractivity contribution in [1.82, 2.24) is 20.0 Å². The maximum atomic E-state index is 9.94. The Bertz CT molecular complexity index is 240. The van der Waals surface area contributed by atoms with E-state index in [-0.39, 0.29) is 12.2 Å². The van der Waals surface area contributed by atoms with Gasteiger partial charge in [0.05, 0.1) is 12.2 Å². The Morgan fingerprint density at radius 1 is 0.905 bits per heavy atom. The maximum Gasteiger partial charge on any atom is 0.0793 e. The number of likely N-dealkylation sites (N-methyl/N-ethyl adjacent to an activating group) is 3. The van der Waals surface area contributed by atoms with Crippen LogP contribution in [-0.4, -0.2) is 111 Å². The minimum absolute atomic E-state index is 0.296. The number of hydrogen-bond acceptors (Lipinski definition) is 6. The number of rotatable bonds is 13. The molecular weight excluding hydrogens is 268 g/mol. The van der Waals surface area contributed by atoms with Gasteiger partial charge in [0.2, 0.25) is 0 Å². The molecule has 128 valence electrons. The van der Waals surface area contributed by atoms with Crippen LogP contribution in [0.4, 0.5) is 0 Å². The normalized spacial score (nSPS) is 15.1. The molecule has 0 aromatic heterocycles. The van der Waals surface area contributed by atoms with E-state index < -0.39 is 0 Å². The fourth-order valence-electron chi connectivity index (χ4n) is 2.34. The molecule has 0 amide bonds. The molecule has 21 heavy (non-hydrogen) atoms. The topological polar surface area (TPSA) is 62.2 Å². The van der Waals surface area contributed by atoms with E-state index in [1.807, 2.05) is 38.0 Å². The van der Waals surface area contributed by atoms with Crippen LogP contribution in [0.25, 0.3) is 0 Å². The second-order valence-electron chi connectivity index (χ2n) is 6.28. The first-order valence-electron chi connectivity index (χ1n) is 7.93. The molecule has 0 bridgehead atoms. The Labute approximate surface area is 130 Å². The van der Waals surface area contributed by atoms with Crippen LogP contribution in [0.5, 0.6) is 0 Å². The third kappa shape index (κ3) is 13.2. The van der Waals surface area contributed by atoms with Crippen molar-refractivity contribution < 1.29 is 10.2 Å². The minimum Gasteiger partial charge on any atom is -0.390 e. The van der Waals surface area contributed by atoms with Crippen LogP contribution in [-0.2, 0) is 0 Å². The van der Waals surface area contributed by atoms with Crippen LogP contribution >= 0.6 is 0 Å². The van der Waals surface area contributed by atoms with Crippen molar-refractivity contribution in [2.75, 3.05) is 74.0 Å². The second kappa shape index (κ2) is 12.3. The van der Waals surface area contributed by atoms with Gasteiger partial charge in [-0.3, -0.25) is 0 Å². The lowest BCUT2D eigenvalue weighted by molar-refractivity contribution is 0.0898. The smallest absolute Gasteiger partial charge is 0.0793 e. The molecule has 0 aromatic carbocycles. The van der Waals surface area contributed by atoms with Crippen molar-refractivity contribution in [3.63, 3.8) is 0 Å². The molecular formula is C15H36N4O2. The predicted octanol–water partition coefficient (Wildman–Crippen LogP) is -0.867. The monoisotopic (exact) mass is 304 g/mol. The largest absolute Gasteiger partial charge is 0.390 e. The summed E-state index contributed by atoms with van der Waals surface area (Å²) in [5.74, 6) is 0. The van der Waals surface area contributed by atoms with E-state index in [9.17, 15) is 10.2 Å². The van der Waals surface area contributed by atoms with E-state index in [2.05, 4.69) is 17.1 Å². The highest BCUT2D eigenvalue weighted by Crippen LogP contribution is 1.96. The van der Waals surface area contributed by atoms with Gasteiger partial charge in [0.15, 0.2) is 0 Å². The molecule has 2 unspecified atom stereocenters. The summed E-state index contributed by atoms with van der Waals surface area (Å²) in [6.45, 7) is 7.68. The van der Waals surface area contributed by atoms with Gasteiger partial charge in [-0.2, -0.15) is 0 Å². The van der Waals surface area contributed by atoms with Crippen molar-refractivity contribution in [2.45, 2.75) is 25.6 Å². The molecule has 0 heterocycles. The second-order valence-corrected chi connectivity index (χ2v) is 6.28. The summed E-state index contributed by atoms with van der Waals surface area (Å²) in [6.07, 6.45) is 0.413. The summed E-state index contributed by atoms with van der Waals surface area (Å²) in [6, 6.07) is 0. The molecule has 0 aliphatic heterocycles. The van der Waals surface area contributed by atoms with Crippen molar-refractivity contribution in [2.24, 2.45) is 0 Å². The van der Waals surface area contributed by atoms with Crippen LogP contribution in [0.3, 0.4) is 0 Å². The summed E-state index contributed by atoms with van der Waals surface area (Å²) in [7, 11) is 7.87. The quantitative estimate of drug-likeness (QED) is 0.385. The zero-order valence-corrected chi connectivity index (χ0v) is 14.5. The molecule has 0 fully saturated rings. The molecule has 6 nitrogen and oxygen atoms in total. The third-order valence-corrected chi connectivity index (χ3v) is 3.28. The van der Waals surface area contributed by atoms with Gasteiger partial charge in [0.1, 0.15) is 0 Å². The Kier molecular flexibility index (Phi) is 12.2. The highest BCUT2D eigenvalue weighted by molar-refractivity contribution is 4.67. The van der Waals surface area contributed by atoms with Gasteiger partial charge in [-0.05, 0) is 54.2 Å². The Morgan fingerprint density at radius 3 is 2.00 bits per heavy atom. The van der Waals surface area contributed by atoms with Crippen molar-refractivity contribution in [1.29, 1.82) is 0 Å². The van der Waals surface area contributed by atoms with Gasteiger partial charge in [-0.25, -0.2) is 0 Å². The zero-order chi connectivity index (χ0) is 16.3. The Balaban J connectivity index is 3.68. The summed E-state index contributed by atoms with van der Waals surface area (Å²) in [5, 5.41) is 23.0. The molecule has 2 atom stereocenters. The standard InChI is InChI=1S/C15H36N4O2/c1-6-19(13-15(21)12-18(4)5)9-7-8-16-10-14(20)11-17(2)3/h14-16,20-21H,6-13H2,1-5H3. The van der Waals surface area contributed by atoms with Crippen LogP contribution in [0.15, 0.2) is 0 Å². The van der Waals surface area contributed by atoms with Crippen LogP contribution in [0.2, 0.25) is 0 Å². The van der Waals surface area contributed by atoms with E-state index in [4.69, 9.17) is 0 Å². The van der Waals surface area contributed by atoms with Gasteiger partial charge in [-0.15, -0.1) is 0 Å². The fourth-order valence-corrected chi connectivity index (χ4v) is 2.34. The predicted molar refractivity (Wildman–Crippen MR) is 88.7 cm³/mol. The minimum atomic E-state index is -0.316. The van der Waals surface area contributed by atoms with Crippen molar-refractivity contribution in [3.05, 3.63) is 0 Å². The average molecular weight is 304 g/mol. The van der Waals surface area contributed by atoms with Gasteiger partial charge >= 0.3 is 0 Å². The van der Waals surface area contributed by atoms with E-state index in [1.54, 1.807) is 0 Å². The van der Waals surface area contributed by atoms with Crippen molar-refractivity contribution in [3.8, 4) is 0 Å². The van der Waals surface area contributed by atoms with E-state index in [0.717, 1.165) is 32.6 Å². The average Bonchev–Trinajstić information content (AvgIpc) is 2.34. The highest BCUT2D eigenvalue weighted by Gasteiger charge is 2.11. The third-order valence-electron chi connectivity index (χ3n) is 3.28. The SMILES string of the molecule is CCN(CCCNCC(O)CN(C)C)CC(O)CN(C)C. The number of nitrogens with zero attached hydrogens (tertiary/aromatic N) is 3. The molecule has 0 aromatic rings. The lowest BCUT2D eigenvalue weighted by Crippen LogP contribution is -2.39. The zero-order valence-electron chi connectivity index (χ0n) is 14.5. The van der Waals surface area contributed by atoms with Crippen LogP contribution in [0.1, 0.15) is 13.3 Å².